The second-order valence-electron chi connectivity index (χ2n) is 4.95. The maximum Gasteiger partial charge on any atom is 0.407 e. The summed E-state index contributed by atoms with van der Waals surface area (Å²) in [6, 6.07) is 9.33. The number of ether oxygens (including phenoxy) is 1. The number of amides is 1. The predicted molar refractivity (Wildman–Crippen MR) is 71.6 cm³/mol. The summed E-state index contributed by atoms with van der Waals surface area (Å²) in [5, 5.41) is 19.3. The van der Waals surface area contributed by atoms with E-state index in [1.165, 1.54) is 0 Å². The van der Waals surface area contributed by atoms with Crippen LogP contribution >= 0.6 is 0 Å². The summed E-state index contributed by atoms with van der Waals surface area (Å²) in [5.41, 5.74) is 0.0105. The van der Waals surface area contributed by atoms with Gasteiger partial charge in [-0.15, -0.1) is 0 Å². The first-order chi connectivity index (χ1) is 9.61. The van der Waals surface area contributed by atoms with Gasteiger partial charge in [0.15, 0.2) is 0 Å². The normalized spacial score (nSPS) is 25.1. The van der Waals surface area contributed by atoms with Crippen LogP contribution in [0.15, 0.2) is 40.7 Å². The Morgan fingerprint density at radius 2 is 2.15 bits per heavy atom. The number of nitrogens with one attached hydrogen (secondary N) is 1. The Labute approximate surface area is 116 Å². The van der Waals surface area contributed by atoms with Crippen molar-refractivity contribution in [3.8, 4) is 0 Å². The zero-order valence-electron chi connectivity index (χ0n) is 11.0. The number of benzene rings is 1. The summed E-state index contributed by atoms with van der Waals surface area (Å²) in [6.45, 7) is 0.381. The molecule has 7 nitrogen and oxygen atoms in total. The number of nitrogens with zero attached hydrogens (tertiary/aromatic N) is 2. The quantitative estimate of drug-likeness (QED) is 0.426. The number of nitrogens with two attached hydrogens (primary N) is 1. The van der Waals surface area contributed by atoms with Crippen LogP contribution in [0, 0.1) is 0 Å². The van der Waals surface area contributed by atoms with E-state index >= 15 is 0 Å². The van der Waals surface area contributed by atoms with E-state index in [0.717, 1.165) is 5.56 Å². The Morgan fingerprint density at radius 1 is 1.45 bits per heavy atom. The van der Waals surface area contributed by atoms with Crippen molar-refractivity contribution < 1.29 is 14.6 Å². The molecule has 0 spiro atoms. The molecule has 7 heteroatoms. The monoisotopic (exact) mass is 278 g/mol. The smallest absolute Gasteiger partial charge is 0.407 e. The Balaban J connectivity index is 1.67. The molecule has 108 valence electrons. The lowest BCUT2D eigenvalue weighted by molar-refractivity contribution is -0.0471. The summed E-state index contributed by atoms with van der Waals surface area (Å²) < 4.78 is 5.09. The topological polar surface area (TPSA) is 109 Å². The van der Waals surface area contributed by atoms with Crippen LogP contribution in [0.5, 0.6) is 0 Å². The molecule has 1 aromatic rings. The Morgan fingerprint density at radius 3 is 2.80 bits per heavy atom. The van der Waals surface area contributed by atoms with Gasteiger partial charge in [-0.05, 0) is 18.4 Å². The Bertz CT molecular complexity index is 472. The fourth-order valence-corrected chi connectivity index (χ4v) is 2.19. The van der Waals surface area contributed by atoms with Gasteiger partial charge in [0.05, 0.1) is 12.1 Å². The van der Waals surface area contributed by atoms with Gasteiger partial charge in [-0.3, -0.25) is 0 Å². The molecule has 0 heterocycles. The van der Waals surface area contributed by atoms with E-state index in [1.54, 1.807) is 0 Å². The predicted octanol–water partition coefficient (Wildman–Crippen LogP) is 1.13. The molecule has 1 aliphatic carbocycles. The standard InChI is InChI=1S/C13H18N4O3/c14-17-15-9-13(19)6-11(7-13)16-12(18)20-8-10-4-2-1-3-5-10/h1-5,11,19H,6-9H2,(H2,14,15)(H,16,18). The Kier molecular flexibility index (Phi) is 4.52. The highest BCUT2D eigenvalue weighted by Gasteiger charge is 2.43. The first-order valence-electron chi connectivity index (χ1n) is 6.38. The van der Waals surface area contributed by atoms with E-state index in [-0.39, 0.29) is 19.2 Å². The lowest BCUT2D eigenvalue weighted by Gasteiger charge is -2.42. The summed E-state index contributed by atoms with van der Waals surface area (Å²) >= 11 is 0. The van der Waals surface area contributed by atoms with Crippen LogP contribution in [0.3, 0.4) is 0 Å². The van der Waals surface area contributed by atoms with Gasteiger partial charge in [-0.1, -0.05) is 35.6 Å². The molecule has 1 aliphatic rings. The van der Waals surface area contributed by atoms with E-state index in [2.05, 4.69) is 15.7 Å². The highest BCUT2D eigenvalue weighted by Crippen LogP contribution is 2.32. The molecule has 1 aromatic carbocycles. The lowest BCUT2D eigenvalue weighted by atomic mass is 9.76. The van der Waals surface area contributed by atoms with Gasteiger partial charge in [0.2, 0.25) is 0 Å². The SMILES string of the molecule is NN=NCC1(O)CC(NC(=O)OCc2ccccc2)C1. The molecule has 0 atom stereocenters. The minimum Gasteiger partial charge on any atom is -0.445 e. The average molecular weight is 278 g/mol. The largest absolute Gasteiger partial charge is 0.445 e. The number of hydrogen-bond acceptors (Lipinski definition) is 5. The zero-order chi connectivity index (χ0) is 14.4. The van der Waals surface area contributed by atoms with Crippen LogP contribution in [-0.2, 0) is 11.3 Å². The fraction of sp³-hybridized carbons (Fsp3) is 0.462. The molecular formula is C13H18N4O3. The molecule has 2 rings (SSSR count). The van der Waals surface area contributed by atoms with Crippen LogP contribution in [0.1, 0.15) is 18.4 Å². The molecular weight excluding hydrogens is 260 g/mol. The first kappa shape index (κ1) is 14.3. The molecule has 0 aromatic heterocycles. The summed E-state index contributed by atoms with van der Waals surface area (Å²) in [7, 11) is 0. The van der Waals surface area contributed by atoms with E-state index in [9.17, 15) is 9.90 Å². The van der Waals surface area contributed by atoms with Crippen molar-refractivity contribution in [3.63, 3.8) is 0 Å². The lowest BCUT2D eigenvalue weighted by Crippen LogP contribution is -2.56. The number of aliphatic hydroxyl groups is 1. The number of rotatable bonds is 5. The molecule has 0 aliphatic heterocycles. The highest BCUT2D eigenvalue weighted by atomic mass is 16.5. The number of hydrogen-bond donors (Lipinski definition) is 3. The fourth-order valence-electron chi connectivity index (χ4n) is 2.19. The minimum atomic E-state index is -0.916. The zero-order valence-corrected chi connectivity index (χ0v) is 11.0. The molecule has 0 radical (unpaired) electrons. The van der Waals surface area contributed by atoms with Crippen LogP contribution in [-0.4, -0.2) is 29.4 Å². The van der Waals surface area contributed by atoms with Gasteiger partial charge < -0.3 is 21.0 Å². The second kappa shape index (κ2) is 6.33. The van der Waals surface area contributed by atoms with Crippen LogP contribution < -0.4 is 11.2 Å². The van der Waals surface area contributed by atoms with Crippen LogP contribution in [0.2, 0.25) is 0 Å². The van der Waals surface area contributed by atoms with Gasteiger partial charge in [-0.25, -0.2) is 4.79 Å². The van der Waals surface area contributed by atoms with E-state index in [4.69, 9.17) is 10.6 Å². The molecule has 1 fully saturated rings. The molecule has 0 unspecified atom stereocenters. The van der Waals surface area contributed by atoms with Crippen molar-refractivity contribution in [1.29, 1.82) is 0 Å². The molecule has 0 bridgehead atoms. The number of alkyl carbamates (subject to hydrolysis) is 1. The molecule has 1 saturated carbocycles. The van der Waals surface area contributed by atoms with Gasteiger partial charge >= 0.3 is 6.09 Å². The van der Waals surface area contributed by atoms with Gasteiger partial charge in [0, 0.05) is 6.04 Å². The molecule has 0 saturated heterocycles. The Hall–Kier alpha value is -2.15. The summed E-state index contributed by atoms with van der Waals surface area (Å²) in [5.74, 6) is 4.88. The van der Waals surface area contributed by atoms with Crippen LogP contribution in [0.4, 0.5) is 4.79 Å². The second-order valence-corrected chi connectivity index (χ2v) is 4.95. The molecule has 4 N–H and O–H groups in total. The van der Waals surface area contributed by atoms with E-state index in [1.807, 2.05) is 30.3 Å². The van der Waals surface area contributed by atoms with Gasteiger partial charge in [-0.2, -0.15) is 5.11 Å². The summed E-state index contributed by atoms with van der Waals surface area (Å²) in [4.78, 5) is 11.6. The van der Waals surface area contributed by atoms with Gasteiger partial charge in [0.1, 0.15) is 6.61 Å². The highest BCUT2D eigenvalue weighted by molar-refractivity contribution is 5.67. The molecule has 1 amide bonds. The maximum absolute atomic E-state index is 11.6. The van der Waals surface area contributed by atoms with Crippen LogP contribution in [0.25, 0.3) is 0 Å². The summed E-state index contributed by atoms with van der Waals surface area (Å²) in [6.07, 6.45) is 0.361. The third-order valence-electron chi connectivity index (χ3n) is 3.23. The van der Waals surface area contributed by atoms with Crippen molar-refractivity contribution in [3.05, 3.63) is 35.9 Å². The third-order valence-corrected chi connectivity index (χ3v) is 3.23. The maximum atomic E-state index is 11.6. The minimum absolute atomic E-state index is 0.101. The average Bonchev–Trinajstić information content (AvgIpc) is 2.42. The van der Waals surface area contributed by atoms with E-state index < -0.39 is 11.7 Å². The van der Waals surface area contributed by atoms with Crippen molar-refractivity contribution in [2.75, 3.05) is 6.54 Å². The van der Waals surface area contributed by atoms with Crippen molar-refractivity contribution in [1.82, 2.24) is 5.32 Å². The third kappa shape index (κ3) is 3.92. The van der Waals surface area contributed by atoms with Crippen molar-refractivity contribution >= 4 is 6.09 Å². The number of carbonyl (C=O) groups excluding carboxylic acids is 1. The first-order valence-corrected chi connectivity index (χ1v) is 6.38. The molecule has 20 heavy (non-hydrogen) atoms. The van der Waals surface area contributed by atoms with E-state index in [0.29, 0.717) is 12.8 Å². The van der Waals surface area contributed by atoms with Crippen molar-refractivity contribution in [2.24, 2.45) is 16.2 Å². The van der Waals surface area contributed by atoms with Gasteiger partial charge in [0.25, 0.3) is 0 Å². The van der Waals surface area contributed by atoms with Crippen molar-refractivity contribution in [2.45, 2.75) is 31.1 Å². The number of carbonyl (C=O) groups is 1.